The lowest BCUT2D eigenvalue weighted by Gasteiger charge is -2.09. The van der Waals surface area contributed by atoms with Crippen LogP contribution in [0.3, 0.4) is 0 Å². The fourth-order valence-electron chi connectivity index (χ4n) is 1.82. The van der Waals surface area contributed by atoms with Crippen LogP contribution in [0.1, 0.15) is 32.1 Å². The van der Waals surface area contributed by atoms with Crippen molar-refractivity contribution in [2.75, 3.05) is 12.3 Å². The van der Waals surface area contributed by atoms with Crippen LogP contribution in [-0.2, 0) is 19.2 Å². The molecule has 138 valence electrons. The molecule has 0 saturated carbocycles. The van der Waals surface area contributed by atoms with Crippen LogP contribution in [0.25, 0.3) is 0 Å². The SMILES string of the molecule is O=C(O)C/C=C(/NC(=O)CCC/C=C1/CCSS1)C(=O)NCC(=O)O. The van der Waals surface area contributed by atoms with E-state index in [4.69, 9.17) is 10.2 Å². The lowest BCUT2D eigenvalue weighted by Crippen LogP contribution is -2.37. The van der Waals surface area contributed by atoms with Crippen LogP contribution in [0.2, 0.25) is 0 Å². The first-order chi connectivity index (χ1) is 11.9. The summed E-state index contributed by atoms with van der Waals surface area (Å²) in [4.78, 5) is 46.1. The average Bonchev–Trinajstić information content (AvgIpc) is 3.06. The quantitative estimate of drug-likeness (QED) is 0.251. The Bertz CT molecular complexity index is 581. The van der Waals surface area contributed by atoms with E-state index >= 15 is 0 Å². The standard InChI is InChI=1S/C15H20N2O6S2/c18-12(4-2-1-3-10-7-8-24-25-10)17-11(5-6-13(19)20)15(23)16-9-14(21)22/h3,5H,1-2,4,6-9H2,(H,16,23)(H,17,18)(H,19,20)(H,21,22)/b10-3-,11-5+. The molecule has 4 N–H and O–H groups in total. The fraction of sp³-hybridized carbons (Fsp3) is 0.467. The van der Waals surface area contributed by atoms with Crippen LogP contribution in [0, 0.1) is 0 Å². The Morgan fingerprint density at radius 1 is 1.16 bits per heavy atom. The monoisotopic (exact) mass is 388 g/mol. The Hall–Kier alpha value is -1.94. The van der Waals surface area contributed by atoms with Gasteiger partial charge in [0, 0.05) is 12.2 Å². The molecule has 1 saturated heterocycles. The second kappa shape index (κ2) is 11.6. The number of hydrogen-bond donors (Lipinski definition) is 4. The Morgan fingerprint density at radius 2 is 1.92 bits per heavy atom. The Balaban J connectivity index is 2.48. The molecule has 8 nitrogen and oxygen atoms in total. The van der Waals surface area contributed by atoms with Crippen molar-refractivity contribution in [2.24, 2.45) is 0 Å². The van der Waals surface area contributed by atoms with Gasteiger partial charge in [-0.1, -0.05) is 27.7 Å². The van der Waals surface area contributed by atoms with Gasteiger partial charge in [-0.2, -0.15) is 0 Å². The number of aliphatic carboxylic acids is 2. The number of carboxylic acid groups (broad SMARTS) is 2. The van der Waals surface area contributed by atoms with Gasteiger partial charge in [0.25, 0.3) is 5.91 Å². The maximum Gasteiger partial charge on any atom is 0.322 e. The minimum atomic E-state index is -1.24. The maximum absolute atomic E-state index is 11.9. The van der Waals surface area contributed by atoms with Crippen LogP contribution < -0.4 is 10.6 Å². The molecule has 0 aliphatic carbocycles. The van der Waals surface area contributed by atoms with E-state index in [1.54, 1.807) is 21.6 Å². The van der Waals surface area contributed by atoms with Crippen molar-refractivity contribution in [3.63, 3.8) is 0 Å². The molecule has 0 aromatic heterocycles. The van der Waals surface area contributed by atoms with E-state index < -0.39 is 36.7 Å². The number of carbonyl (C=O) groups is 4. The van der Waals surface area contributed by atoms with Crippen molar-refractivity contribution in [2.45, 2.75) is 32.1 Å². The molecule has 1 aliphatic heterocycles. The number of hydrogen-bond acceptors (Lipinski definition) is 6. The smallest absolute Gasteiger partial charge is 0.322 e. The van der Waals surface area contributed by atoms with Crippen LogP contribution in [0.4, 0.5) is 0 Å². The summed E-state index contributed by atoms with van der Waals surface area (Å²) in [5, 5.41) is 21.7. The van der Waals surface area contributed by atoms with Gasteiger partial charge in [0.15, 0.2) is 0 Å². The highest BCUT2D eigenvalue weighted by atomic mass is 33.1. The van der Waals surface area contributed by atoms with Gasteiger partial charge in [-0.05, 0) is 30.2 Å². The van der Waals surface area contributed by atoms with Gasteiger partial charge in [-0.15, -0.1) is 0 Å². The second-order valence-corrected chi connectivity index (χ2v) is 7.60. The number of unbranched alkanes of at least 4 members (excludes halogenated alkanes) is 1. The van der Waals surface area contributed by atoms with E-state index in [0.717, 1.165) is 24.7 Å². The first-order valence-electron chi connectivity index (χ1n) is 7.58. The summed E-state index contributed by atoms with van der Waals surface area (Å²) in [6.07, 6.45) is 5.26. The lowest BCUT2D eigenvalue weighted by atomic mass is 10.2. The third kappa shape index (κ3) is 9.82. The van der Waals surface area contributed by atoms with Gasteiger partial charge in [0.1, 0.15) is 12.2 Å². The van der Waals surface area contributed by atoms with E-state index in [1.165, 1.54) is 4.91 Å². The van der Waals surface area contributed by atoms with Gasteiger partial charge in [-0.25, -0.2) is 0 Å². The minimum absolute atomic E-state index is 0.179. The highest BCUT2D eigenvalue weighted by Crippen LogP contribution is 2.40. The van der Waals surface area contributed by atoms with Gasteiger partial charge >= 0.3 is 11.9 Å². The topological polar surface area (TPSA) is 133 Å². The van der Waals surface area contributed by atoms with E-state index in [0.29, 0.717) is 6.42 Å². The number of carbonyl (C=O) groups excluding carboxylic acids is 2. The normalized spacial score (nSPS) is 15.8. The summed E-state index contributed by atoms with van der Waals surface area (Å²) in [5.41, 5.74) is -0.255. The summed E-state index contributed by atoms with van der Waals surface area (Å²) in [5.74, 6) is -2.57. The zero-order chi connectivity index (χ0) is 18.7. The summed E-state index contributed by atoms with van der Waals surface area (Å²) in [6.45, 7) is -0.623. The van der Waals surface area contributed by atoms with Crippen LogP contribution >= 0.6 is 21.6 Å². The van der Waals surface area contributed by atoms with Crippen molar-refractivity contribution in [3.8, 4) is 0 Å². The minimum Gasteiger partial charge on any atom is -0.481 e. The van der Waals surface area contributed by atoms with Crippen molar-refractivity contribution in [3.05, 3.63) is 22.8 Å². The molecule has 0 aromatic rings. The summed E-state index contributed by atoms with van der Waals surface area (Å²) < 4.78 is 0. The lowest BCUT2D eigenvalue weighted by molar-refractivity contribution is -0.138. The zero-order valence-corrected chi connectivity index (χ0v) is 15.1. The molecule has 0 atom stereocenters. The Morgan fingerprint density at radius 3 is 2.52 bits per heavy atom. The van der Waals surface area contributed by atoms with Crippen LogP contribution in [0.15, 0.2) is 22.8 Å². The van der Waals surface area contributed by atoms with E-state index in [1.807, 2.05) is 0 Å². The van der Waals surface area contributed by atoms with Crippen LogP contribution in [-0.4, -0.2) is 46.3 Å². The number of nitrogens with one attached hydrogen (secondary N) is 2. The van der Waals surface area contributed by atoms with Gasteiger partial charge < -0.3 is 20.8 Å². The first-order valence-corrected chi connectivity index (χ1v) is 9.90. The molecule has 0 unspecified atom stereocenters. The molecule has 1 heterocycles. The van der Waals surface area contributed by atoms with E-state index in [9.17, 15) is 19.2 Å². The van der Waals surface area contributed by atoms with Gasteiger partial charge in [0.2, 0.25) is 5.91 Å². The van der Waals surface area contributed by atoms with Crippen molar-refractivity contribution in [1.82, 2.24) is 10.6 Å². The summed E-state index contributed by atoms with van der Waals surface area (Å²) in [6, 6.07) is 0. The Labute approximate surface area is 152 Å². The fourth-order valence-corrected chi connectivity index (χ4v) is 4.26. The molecule has 2 amide bonds. The van der Waals surface area contributed by atoms with Gasteiger partial charge in [-0.3, -0.25) is 19.2 Å². The van der Waals surface area contributed by atoms with Crippen LogP contribution in [0.5, 0.6) is 0 Å². The molecule has 1 rings (SSSR count). The number of carboxylic acids is 2. The third-order valence-electron chi connectivity index (χ3n) is 2.98. The van der Waals surface area contributed by atoms with E-state index in [2.05, 4.69) is 16.7 Å². The number of rotatable bonds is 10. The molecule has 0 radical (unpaired) electrons. The number of allylic oxidation sites excluding steroid dienone is 2. The third-order valence-corrected chi connectivity index (χ3v) is 5.55. The number of amides is 2. The summed E-state index contributed by atoms with van der Waals surface area (Å²) in [7, 11) is 3.54. The zero-order valence-electron chi connectivity index (χ0n) is 13.4. The maximum atomic E-state index is 11.9. The molecule has 0 bridgehead atoms. The molecule has 0 aromatic carbocycles. The molecule has 1 fully saturated rings. The molecular weight excluding hydrogens is 368 g/mol. The summed E-state index contributed by atoms with van der Waals surface area (Å²) >= 11 is 0. The molecule has 10 heteroatoms. The average molecular weight is 388 g/mol. The van der Waals surface area contributed by atoms with E-state index in [-0.39, 0.29) is 12.1 Å². The van der Waals surface area contributed by atoms with Crippen molar-refractivity contribution >= 4 is 45.3 Å². The molecule has 0 spiro atoms. The second-order valence-electron chi connectivity index (χ2n) is 5.06. The van der Waals surface area contributed by atoms with Crippen molar-refractivity contribution in [1.29, 1.82) is 0 Å². The molecular formula is C15H20N2O6S2. The predicted molar refractivity (Wildman–Crippen MR) is 95.7 cm³/mol. The Kier molecular flexibility index (Phi) is 9.78. The highest BCUT2D eigenvalue weighted by Gasteiger charge is 2.14. The first kappa shape index (κ1) is 21.1. The predicted octanol–water partition coefficient (Wildman–Crippen LogP) is 1.50. The molecule has 25 heavy (non-hydrogen) atoms. The highest BCUT2D eigenvalue weighted by molar-refractivity contribution is 8.78. The molecule has 1 aliphatic rings. The van der Waals surface area contributed by atoms with Gasteiger partial charge in [0.05, 0.1) is 6.42 Å². The van der Waals surface area contributed by atoms with Crippen molar-refractivity contribution < 1.29 is 29.4 Å². The largest absolute Gasteiger partial charge is 0.481 e.